The van der Waals surface area contributed by atoms with E-state index in [4.69, 9.17) is 58.5 Å². The maximum Gasteiger partial charge on any atom is 0.411 e. The van der Waals surface area contributed by atoms with Gasteiger partial charge in [0.2, 0.25) is 3.79 Å². The molecule has 292 valence electrons. The lowest BCUT2D eigenvalue weighted by Crippen LogP contribution is -2.64. The molecule has 1 saturated heterocycles. The zero-order valence-electron chi connectivity index (χ0n) is 30.2. The number of nitrogens with zero attached hydrogens (tertiary/aromatic N) is 2. The van der Waals surface area contributed by atoms with E-state index in [0.717, 1.165) is 39.9 Å². The number of methoxy groups -OCH3 is 1. The summed E-state index contributed by atoms with van der Waals surface area (Å²) in [7, 11) is 1.61. The minimum atomic E-state index is -1.87. The first kappa shape index (κ1) is 42.1. The third-order valence-corrected chi connectivity index (χ3v) is 11.5. The molecule has 3 aromatic rings. The monoisotopic (exact) mass is 885 g/mol. The Kier molecular flexibility index (Phi) is 14.2. The summed E-state index contributed by atoms with van der Waals surface area (Å²) >= 11 is 22.0. The molecule has 3 aliphatic rings. The number of hydrogen-bond acceptors (Lipinski definition) is 8. The molecule has 2 bridgehead atoms. The number of rotatable bonds is 14. The normalized spacial score (nSPS) is 18.3. The molecule has 0 radical (unpaired) electrons. The van der Waals surface area contributed by atoms with Crippen LogP contribution in [0.3, 0.4) is 0 Å². The molecule has 54 heavy (non-hydrogen) atoms. The van der Waals surface area contributed by atoms with Gasteiger partial charge in [0.25, 0.3) is 5.91 Å². The second-order valence-corrected chi connectivity index (χ2v) is 16.8. The lowest BCUT2D eigenvalue weighted by Gasteiger charge is -2.48. The Morgan fingerprint density at radius 2 is 1.37 bits per heavy atom. The van der Waals surface area contributed by atoms with Gasteiger partial charge in [0.15, 0.2) is 5.60 Å². The van der Waals surface area contributed by atoms with Gasteiger partial charge in [-0.3, -0.25) is 9.69 Å². The molecule has 2 amide bonds. The molecule has 2 aliphatic heterocycles. The molecule has 3 aromatic carbocycles. The Bertz CT molecular complexity index is 1770. The van der Waals surface area contributed by atoms with Crippen LogP contribution >= 0.6 is 63.1 Å². The number of amides is 2. The number of fused-ring (bicyclic) bond motifs is 2. The SMILES string of the molecule is COc1ccc(OCCN(C(=O)C2=C(c3ccc(OCCOc4ccc(Br)cc4)cc3)CC3CNCC2N3C(=O)OC(C)(C)C(Cl)(Cl)Cl)C2CC2)cc1.Cl. The summed E-state index contributed by atoms with van der Waals surface area (Å²) in [5, 5.41) is 3.43. The van der Waals surface area contributed by atoms with Gasteiger partial charge in [0.1, 0.15) is 42.8 Å². The molecule has 2 fully saturated rings. The number of alkyl halides is 3. The van der Waals surface area contributed by atoms with Crippen molar-refractivity contribution in [1.82, 2.24) is 15.1 Å². The Balaban J connectivity index is 0.00000561. The van der Waals surface area contributed by atoms with Crippen LogP contribution in [0.25, 0.3) is 5.57 Å². The maximum absolute atomic E-state index is 14.9. The van der Waals surface area contributed by atoms with E-state index in [1.807, 2.05) is 77.7 Å². The highest BCUT2D eigenvalue weighted by molar-refractivity contribution is 9.10. The summed E-state index contributed by atoms with van der Waals surface area (Å²) < 4.78 is 28.0. The van der Waals surface area contributed by atoms with Crippen molar-refractivity contribution in [2.75, 3.05) is 46.6 Å². The first-order chi connectivity index (χ1) is 25.3. The van der Waals surface area contributed by atoms with E-state index >= 15 is 0 Å². The minimum absolute atomic E-state index is 0. The fraction of sp³-hybridized carbons (Fsp3) is 0.436. The van der Waals surface area contributed by atoms with Crippen LogP contribution in [0.4, 0.5) is 4.79 Å². The molecule has 1 aliphatic carbocycles. The predicted molar refractivity (Wildman–Crippen MR) is 217 cm³/mol. The molecular weight excluding hydrogens is 844 g/mol. The van der Waals surface area contributed by atoms with Gasteiger partial charge in [0, 0.05) is 29.2 Å². The Labute approximate surface area is 345 Å². The largest absolute Gasteiger partial charge is 0.497 e. The van der Waals surface area contributed by atoms with Gasteiger partial charge >= 0.3 is 6.09 Å². The predicted octanol–water partition coefficient (Wildman–Crippen LogP) is 8.49. The molecule has 2 heterocycles. The first-order valence-electron chi connectivity index (χ1n) is 17.6. The van der Waals surface area contributed by atoms with Crippen molar-refractivity contribution in [1.29, 1.82) is 0 Å². The van der Waals surface area contributed by atoms with E-state index in [2.05, 4.69) is 21.2 Å². The third kappa shape index (κ3) is 10.2. The van der Waals surface area contributed by atoms with Crippen molar-refractivity contribution in [2.45, 2.75) is 60.6 Å². The van der Waals surface area contributed by atoms with Crippen LogP contribution in [0, 0.1) is 0 Å². The smallest absolute Gasteiger partial charge is 0.411 e. The highest BCUT2D eigenvalue weighted by atomic mass is 79.9. The van der Waals surface area contributed by atoms with Crippen LogP contribution in [-0.2, 0) is 9.53 Å². The average molecular weight is 889 g/mol. The molecule has 1 saturated carbocycles. The molecular formula is C39H44BrCl4N3O7. The molecule has 2 atom stereocenters. The summed E-state index contributed by atoms with van der Waals surface area (Å²) in [5.41, 5.74) is 0.861. The van der Waals surface area contributed by atoms with Crippen molar-refractivity contribution in [3.05, 3.63) is 88.4 Å². The van der Waals surface area contributed by atoms with Gasteiger partial charge in [-0.15, -0.1) is 12.4 Å². The van der Waals surface area contributed by atoms with E-state index in [1.54, 1.807) is 25.9 Å². The number of carbonyl (C=O) groups is 2. The van der Waals surface area contributed by atoms with Crippen molar-refractivity contribution < 1.29 is 33.3 Å². The molecule has 0 spiro atoms. The summed E-state index contributed by atoms with van der Waals surface area (Å²) in [6.45, 7) is 5.36. The van der Waals surface area contributed by atoms with Crippen molar-refractivity contribution >= 4 is 80.7 Å². The van der Waals surface area contributed by atoms with Crippen LogP contribution in [0.1, 0.15) is 38.7 Å². The maximum atomic E-state index is 14.9. The average Bonchev–Trinajstić information content (AvgIpc) is 3.97. The van der Waals surface area contributed by atoms with Crippen molar-refractivity contribution in [2.24, 2.45) is 0 Å². The number of ether oxygens (including phenoxy) is 5. The van der Waals surface area contributed by atoms with Crippen molar-refractivity contribution in [3.8, 4) is 23.0 Å². The highest BCUT2D eigenvalue weighted by Crippen LogP contribution is 2.43. The quantitative estimate of drug-likeness (QED) is 0.127. The van der Waals surface area contributed by atoms with E-state index < -0.39 is 21.5 Å². The number of nitrogens with one attached hydrogen (secondary N) is 1. The lowest BCUT2D eigenvalue weighted by molar-refractivity contribution is -0.129. The van der Waals surface area contributed by atoms with Gasteiger partial charge in [-0.05, 0) is 105 Å². The van der Waals surface area contributed by atoms with Crippen molar-refractivity contribution in [3.63, 3.8) is 0 Å². The highest BCUT2D eigenvalue weighted by Gasteiger charge is 2.50. The van der Waals surface area contributed by atoms with Gasteiger partial charge in [-0.2, -0.15) is 0 Å². The number of piperazine rings is 1. The van der Waals surface area contributed by atoms with E-state index in [0.29, 0.717) is 62.9 Å². The van der Waals surface area contributed by atoms with Crippen LogP contribution in [0.2, 0.25) is 0 Å². The zero-order chi connectivity index (χ0) is 37.8. The summed E-state index contributed by atoms with van der Waals surface area (Å²) in [6.07, 6.45) is 1.56. The number of benzene rings is 3. The lowest BCUT2D eigenvalue weighted by atomic mass is 9.82. The Hall–Kier alpha value is -3.06. The van der Waals surface area contributed by atoms with Gasteiger partial charge < -0.3 is 33.9 Å². The van der Waals surface area contributed by atoms with Crippen LogP contribution in [-0.4, -0.2) is 95.9 Å². The number of hydrogen-bond donors (Lipinski definition) is 1. The van der Waals surface area contributed by atoms with E-state index in [-0.39, 0.29) is 30.4 Å². The summed E-state index contributed by atoms with van der Waals surface area (Å²) in [5.74, 6) is 2.70. The third-order valence-electron chi connectivity index (χ3n) is 9.56. The van der Waals surface area contributed by atoms with Gasteiger partial charge in [0.05, 0.1) is 25.7 Å². The van der Waals surface area contributed by atoms with Gasteiger partial charge in [-0.1, -0.05) is 62.9 Å². The van der Waals surface area contributed by atoms with E-state index in [1.165, 1.54) is 0 Å². The molecule has 2 unspecified atom stereocenters. The standard InChI is InChI=1S/C39H43BrCl3N3O7.ClH/c1-38(2,39(41,42)43)53-37(48)46-28-22-33(25-4-10-30(11-5-25)51-20-21-52-31-12-6-26(40)7-13-31)35(34(46)24-44-23-28)36(47)45(27-8-9-27)18-19-50-32-16-14-29(49-3)15-17-32;/h4-7,10-17,27-28,34,44H,8-9,18-24H2,1-3H3;1H. The molecule has 15 heteroatoms. The molecule has 1 N–H and O–H groups in total. The minimum Gasteiger partial charge on any atom is -0.497 e. The van der Waals surface area contributed by atoms with Crippen LogP contribution in [0.15, 0.2) is 82.8 Å². The summed E-state index contributed by atoms with van der Waals surface area (Å²) in [4.78, 5) is 32.3. The van der Waals surface area contributed by atoms with Crippen LogP contribution < -0.4 is 24.3 Å². The number of carbonyl (C=O) groups excluding carboxylic acids is 2. The molecule has 10 nitrogen and oxygen atoms in total. The second kappa shape index (κ2) is 18.3. The Morgan fingerprint density at radius 1 is 0.833 bits per heavy atom. The van der Waals surface area contributed by atoms with Gasteiger partial charge in [-0.25, -0.2) is 4.79 Å². The van der Waals surface area contributed by atoms with E-state index in [9.17, 15) is 9.59 Å². The Morgan fingerprint density at radius 3 is 1.93 bits per heavy atom. The zero-order valence-corrected chi connectivity index (χ0v) is 34.9. The first-order valence-corrected chi connectivity index (χ1v) is 19.5. The fourth-order valence-electron chi connectivity index (χ4n) is 6.47. The number of halogens is 5. The van der Waals surface area contributed by atoms with Crippen LogP contribution in [0.5, 0.6) is 23.0 Å². The second-order valence-electron chi connectivity index (χ2n) is 13.6. The fourth-order valence-corrected chi connectivity index (χ4v) is 6.85. The topological polar surface area (TPSA) is 98.8 Å². The molecule has 6 rings (SSSR count). The summed E-state index contributed by atoms with van der Waals surface area (Å²) in [6, 6.07) is 21.8. The molecule has 0 aromatic heterocycles.